The van der Waals surface area contributed by atoms with E-state index in [9.17, 15) is 14.7 Å². The Bertz CT molecular complexity index is 1270. The van der Waals surface area contributed by atoms with Crippen LogP contribution in [-0.2, 0) is 20.4 Å². The Balaban J connectivity index is 2.18. The van der Waals surface area contributed by atoms with Crippen LogP contribution in [0.2, 0.25) is 0 Å². The van der Waals surface area contributed by atoms with E-state index in [0.29, 0.717) is 0 Å². The number of allylic oxidation sites excluding steroid dienone is 8. The molecule has 0 unspecified atom stereocenters. The molecule has 0 atom stereocenters. The van der Waals surface area contributed by atoms with E-state index >= 15 is 0 Å². The van der Waals surface area contributed by atoms with Gasteiger partial charge in [0, 0.05) is 0 Å². The summed E-state index contributed by atoms with van der Waals surface area (Å²) in [6, 6.07) is 4.20. The Morgan fingerprint density at radius 1 is 0.684 bits per heavy atom. The number of hydrogen-bond acceptors (Lipinski definition) is 3. The summed E-state index contributed by atoms with van der Waals surface area (Å²) in [6.07, 6.45) is 7.47. The molecule has 0 saturated carbocycles. The monoisotopic (exact) mass is 646 g/mol. The predicted molar refractivity (Wildman–Crippen MR) is 159 cm³/mol. The fraction of sp³-hybridized carbons (Fsp3) is 0.485. The summed E-state index contributed by atoms with van der Waals surface area (Å²) in [5, 5.41) is 13.5. The van der Waals surface area contributed by atoms with Crippen LogP contribution in [-0.4, -0.2) is 41.0 Å². The van der Waals surface area contributed by atoms with Crippen LogP contribution in [0.25, 0.3) is 6.08 Å². The van der Waals surface area contributed by atoms with Gasteiger partial charge in [0.05, 0.1) is 0 Å². The summed E-state index contributed by atoms with van der Waals surface area (Å²) in [6.45, 7) is 26.3. The van der Waals surface area contributed by atoms with E-state index in [4.69, 9.17) is 0 Å². The molecule has 204 valence electrons. The van der Waals surface area contributed by atoms with E-state index in [1.165, 1.54) is 17.8 Å². The van der Waals surface area contributed by atoms with Crippen molar-refractivity contribution < 1.29 is 14.7 Å². The summed E-state index contributed by atoms with van der Waals surface area (Å²) >= 11 is 0.382. The van der Waals surface area contributed by atoms with Gasteiger partial charge in [-0.15, -0.1) is 0 Å². The number of ketones is 2. The molecule has 0 bridgehead atoms. The molecule has 0 spiro atoms. The first-order chi connectivity index (χ1) is 17.1. The molecule has 2 aliphatic rings. The van der Waals surface area contributed by atoms with Gasteiger partial charge in [0.15, 0.2) is 0 Å². The van der Waals surface area contributed by atoms with Crippen molar-refractivity contribution in [2.75, 3.05) is 0 Å². The van der Waals surface area contributed by atoms with E-state index in [-0.39, 0.29) is 62.3 Å². The van der Waals surface area contributed by atoms with Crippen LogP contribution in [0, 0.1) is 10.8 Å². The Morgan fingerprint density at radius 2 is 1.13 bits per heavy atom. The van der Waals surface area contributed by atoms with Crippen molar-refractivity contribution in [1.29, 1.82) is 0 Å². The summed E-state index contributed by atoms with van der Waals surface area (Å²) in [4.78, 5) is 26.2. The maximum absolute atomic E-state index is 13.5. The van der Waals surface area contributed by atoms with Crippen LogP contribution >= 0.6 is 0 Å². The van der Waals surface area contributed by atoms with Crippen molar-refractivity contribution >= 4 is 47.1 Å². The Kier molecular flexibility index (Phi) is 8.36. The van der Waals surface area contributed by atoms with E-state index in [1.54, 1.807) is 12.2 Å². The molecule has 1 aromatic rings. The third kappa shape index (κ3) is 6.86. The van der Waals surface area contributed by atoms with Crippen LogP contribution in [0.4, 0.5) is 0 Å². The summed E-state index contributed by atoms with van der Waals surface area (Å²) in [7, 11) is 0. The zero-order valence-electron chi connectivity index (χ0n) is 25.0. The molecular weight excluding hydrogens is 602 g/mol. The number of hydrogen-bond donors (Lipinski definition) is 0. The third-order valence-electron chi connectivity index (χ3n) is 6.39. The first-order valence-electron chi connectivity index (χ1n) is 13.1. The minimum absolute atomic E-state index is 0.0214. The third-order valence-corrected chi connectivity index (χ3v) is 14.4. The fourth-order valence-electron chi connectivity index (χ4n) is 3.88. The molecule has 0 saturated heterocycles. The van der Waals surface area contributed by atoms with E-state index in [0.717, 1.165) is 11.1 Å². The molecule has 0 aromatic carbocycles. The van der Waals surface area contributed by atoms with Gasteiger partial charge in [0.2, 0.25) is 0 Å². The molecule has 0 fully saturated rings. The first-order valence-corrected chi connectivity index (χ1v) is 16.6. The van der Waals surface area contributed by atoms with Gasteiger partial charge in [-0.1, -0.05) is 0 Å². The summed E-state index contributed by atoms with van der Waals surface area (Å²) in [5.41, 5.74) is 1.49. The van der Waals surface area contributed by atoms with Crippen LogP contribution < -0.4 is 5.11 Å². The van der Waals surface area contributed by atoms with Crippen LogP contribution in [0.1, 0.15) is 97.5 Å². The van der Waals surface area contributed by atoms with Crippen molar-refractivity contribution in [3.63, 3.8) is 0 Å². The van der Waals surface area contributed by atoms with E-state index in [1.807, 2.05) is 0 Å². The standard InChI is InChI=1S/C33H42O3Se2/c1-30(2,3)23-15-19(16-24(37-23)31(4,5)6)13-21-27(34)22(29(36)28(21)35)14-20-17-25(32(7,8)9)38-26(18-20)33(10,11)12/h13-18H,1-12H3. The van der Waals surface area contributed by atoms with Crippen molar-refractivity contribution in [1.82, 2.24) is 0 Å². The molecule has 3 rings (SSSR count). The van der Waals surface area contributed by atoms with Gasteiger partial charge in [-0.25, -0.2) is 0 Å². The van der Waals surface area contributed by atoms with Crippen molar-refractivity contribution in [3.05, 3.63) is 76.2 Å². The molecule has 38 heavy (non-hydrogen) atoms. The molecule has 5 heteroatoms. The molecule has 1 aliphatic carbocycles. The molecule has 0 N–H and O–H groups in total. The molecule has 3 nitrogen and oxygen atoms in total. The number of rotatable bonds is 2. The van der Waals surface area contributed by atoms with Crippen molar-refractivity contribution in [2.45, 2.75) is 93.9 Å². The fourth-order valence-corrected chi connectivity index (χ4v) is 9.08. The second-order valence-corrected chi connectivity index (χ2v) is 18.9. The van der Waals surface area contributed by atoms with Gasteiger partial charge in [0.1, 0.15) is 0 Å². The molecule has 2 heterocycles. The molecule has 1 aliphatic heterocycles. The Morgan fingerprint density at radius 3 is 1.53 bits per heavy atom. The number of carbonyl (C=O) groups is 2. The molecule has 0 radical (unpaired) electrons. The first kappa shape index (κ1) is 30.8. The SMILES string of the molecule is CC(C)(C)C1=CC(=CC2=C([O-])/C(=C\c3cc(C(C)(C)C)[se+]c(C(C)(C)C)c3)C(=O)C2=O)C=C(C(C)(C)C)[Se]1. The zero-order chi connectivity index (χ0) is 29.0. The second kappa shape index (κ2) is 10.3. The minimum atomic E-state index is -0.707. The zero-order valence-corrected chi connectivity index (χ0v) is 28.4. The Hall–Kier alpha value is -1.77. The van der Waals surface area contributed by atoms with Gasteiger partial charge in [0.25, 0.3) is 0 Å². The van der Waals surface area contributed by atoms with Gasteiger partial charge < -0.3 is 0 Å². The van der Waals surface area contributed by atoms with Crippen molar-refractivity contribution in [2.24, 2.45) is 10.8 Å². The van der Waals surface area contributed by atoms with Crippen LogP contribution in [0.5, 0.6) is 0 Å². The Labute approximate surface area is 241 Å². The maximum atomic E-state index is 13.5. The second-order valence-electron chi connectivity index (χ2n) is 14.3. The molecule has 0 amide bonds. The number of carbonyl (C=O) groups excluding carboxylic acids is 2. The predicted octanol–water partition coefficient (Wildman–Crippen LogP) is 6.27. The van der Waals surface area contributed by atoms with E-state index < -0.39 is 17.3 Å². The van der Waals surface area contributed by atoms with Crippen LogP contribution in [0.3, 0.4) is 0 Å². The average molecular weight is 645 g/mol. The van der Waals surface area contributed by atoms with Gasteiger partial charge in [-0.05, 0) is 0 Å². The van der Waals surface area contributed by atoms with Crippen LogP contribution in [0.15, 0.2) is 61.8 Å². The molecular formula is C33H42O3Se2. The summed E-state index contributed by atoms with van der Waals surface area (Å²) < 4.78 is 5.24. The van der Waals surface area contributed by atoms with Gasteiger partial charge in [-0.3, -0.25) is 0 Å². The number of Topliss-reactive ketones (excluding diaryl/α,β-unsaturated/α-hetero) is 2. The topological polar surface area (TPSA) is 57.2 Å². The van der Waals surface area contributed by atoms with Gasteiger partial charge in [-0.2, -0.15) is 0 Å². The quantitative estimate of drug-likeness (QED) is 0.217. The van der Waals surface area contributed by atoms with Gasteiger partial charge >= 0.3 is 243 Å². The molecule has 1 aromatic heterocycles. The van der Waals surface area contributed by atoms with E-state index in [2.05, 4.69) is 107 Å². The van der Waals surface area contributed by atoms with Crippen molar-refractivity contribution in [3.8, 4) is 0 Å². The normalized spacial score (nSPS) is 18.8. The summed E-state index contributed by atoms with van der Waals surface area (Å²) in [5.74, 6) is -1.89. The average Bonchev–Trinajstić information content (AvgIpc) is 2.94.